The number of aryl methyl sites for hydroxylation is 1. The molecule has 0 saturated carbocycles. The number of hydrogen-bond acceptors (Lipinski definition) is 5. The summed E-state index contributed by atoms with van der Waals surface area (Å²) in [5, 5.41) is 12.1. The fraction of sp³-hybridized carbons (Fsp3) is 0.333. The number of hydrogen-bond donors (Lipinski definition) is 0. The van der Waals surface area contributed by atoms with E-state index in [2.05, 4.69) is 15.3 Å². The van der Waals surface area contributed by atoms with Crippen LogP contribution in [0.5, 0.6) is 0 Å². The van der Waals surface area contributed by atoms with Gasteiger partial charge in [-0.1, -0.05) is 13.0 Å². The van der Waals surface area contributed by atoms with Crippen LogP contribution in [-0.2, 0) is 13.0 Å². The van der Waals surface area contributed by atoms with E-state index >= 15 is 0 Å². The Labute approximate surface area is 127 Å². The summed E-state index contributed by atoms with van der Waals surface area (Å²) < 4.78 is 7.12. The highest BCUT2D eigenvalue weighted by atomic mass is 16.4. The summed E-state index contributed by atoms with van der Waals surface area (Å²) in [6.45, 7) is 4.69. The smallest absolute Gasteiger partial charge is 0.272 e. The average molecular weight is 299 g/mol. The molecular formula is C15H17N5O2. The van der Waals surface area contributed by atoms with Gasteiger partial charge in [-0.15, -0.1) is 10.2 Å². The molecule has 22 heavy (non-hydrogen) atoms. The second-order valence-electron chi connectivity index (χ2n) is 4.84. The zero-order valence-electron chi connectivity index (χ0n) is 12.6. The molecule has 0 fully saturated rings. The predicted octanol–water partition coefficient (Wildman–Crippen LogP) is 1.94. The Kier molecular flexibility index (Phi) is 3.86. The topological polar surface area (TPSA) is 76.5 Å². The van der Waals surface area contributed by atoms with Gasteiger partial charge in [-0.3, -0.25) is 4.79 Å². The lowest BCUT2D eigenvalue weighted by atomic mass is 10.3. The van der Waals surface area contributed by atoms with Gasteiger partial charge in [0.1, 0.15) is 5.69 Å². The van der Waals surface area contributed by atoms with Crippen molar-refractivity contribution in [2.45, 2.75) is 26.8 Å². The summed E-state index contributed by atoms with van der Waals surface area (Å²) in [5.74, 6) is 0.903. The van der Waals surface area contributed by atoms with Gasteiger partial charge in [-0.2, -0.15) is 5.10 Å². The zero-order chi connectivity index (χ0) is 15.5. The van der Waals surface area contributed by atoms with Crippen LogP contribution in [0.1, 0.15) is 36.1 Å². The van der Waals surface area contributed by atoms with Crippen LogP contribution in [-0.4, -0.2) is 37.2 Å². The molecule has 1 amide bonds. The Morgan fingerprint density at radius 3 is 2.77 bits per heavy atom. The van der Waals surface area contributed by atoms with E-state index in [1.807, 2.05) is 32.0 Å². The van der Waals surface area contributed by atoms with Crippen molar-refractivity contribution in [2.75, 3.05) is 6.54 Å². The summed E-state index contributed by atoms with van der Waals surface area (Å²) in [6, 6.07) is 7.38. The molecule has 3 heterocycles. The first kappa shape index (κ1) is 14.2. The van der Waals surface area contributed by atoms with Crippen LogP contribution in [0.2, 0.25) is 0 Å². The normalized spacial score (nSPS) is 11.0. The van der Waals surface area contributed by atoms with Gasteiger partial charge in [-0.05, 0) is 25.1 Å². The van der Waals surface area contributed by atoms with Gasteiger partial charge in [0, 0.05) is 13.0 Å². The first-order valence-corrected chi connectivity index (χ1v) is 7.26. The van der Waals surface area contributed by atoms with Gasteiger partial charge in [0.15, 0.2) is 0 Å². The lowest BCUT2D eigenvalue weighted by Crippen LogP contribution is -2.32. The number of aromatic nitrogens is 4. The Morgan fingerprint density at radius 1 is 1.23 bits per heavy atom. The molecule has 114 valence electrons. The maximum absolute atomic E-state index is 12.7. The van der Waals surface area contributed by atoms with E-state index in [4.69, 9.17) is 4.42 Å². The van der Waals surface area contributed by atoms with Gasteiger partial charge in [0.05, 0.1) is 18.3 Å². The van der Waals surface area contributed by atoms with Crippen LogP contribution in [0.3, 0.4) is 0 Å². The van der Waals surface area contributed by atoms with Crippen molar-refractivity contribution in [1.29, 1.82) is 0 Å². The molecule has 7 nitrogen and oxygen atoms in total. The molecular weight excluding hydrogens is 282 g/mol. The highest BCUT2D eigenvalue weighted by molar-refractivity contribution is 5.93. The average Bonchev–Trinajstić information content (AvgIpc) is 3.20. The maximum atomic E-state index is 12.7. The molecule has 0 aliphatic heterocycles. The number of rotatable bonds is 5. The Morgan fingerprint density at radius 2 is 2.05 bits per heavy atom. The number of pyridine rings is 1. The molecule has 3 rings (SSSR count). The number of fused-ring (bicyclic) bond motifs is 1. The van der Waals surface area contributed by atoms with E-state index in [1.54, 1.807) is 21.7 Å². The molecule has 7 heteroatoms. The third-order valence-electron chi connectivity index (χ3n) is 3.45. The molecule has 0 radical (unpaired) electrons. The second-order valence-corrected chi connectivity index (χ2v) is 4.84. The monoisotopic (exact) mass is 299 g/mol. The van der Waals surface area contributed by atoms with Crippen molar-refractivity contribution >= 4 is 11.4 Å². The SMILES string of the molecule is CCc1nnc(CN(CC)C(=O)c2cccc3ccnn23)o1. The van der Waals surface area contributed by atoms with Gasteiger partial charge >= 0.3 is 0 Å². The fourth-order valence-electron chi connectivity index (χ4n) is 2.26. The minimum atomic E-state index is -0.118. The third-order valence-corrected chi connectivity index (χ3v) is 3.45. The molecule has 3 aromatic rings. The third kappa shape index (κ3) is 2.57. The second kappa shape index (κ2) is 5.97. The van der Waals surface area contributed by atoms with Crippen LogP contribution in [0.15, 0.2) is 34.9 Å². The fourth-order valence-corrected chi connectivity index (χ4v) is 2.26. The summed E-state index contributed by atoms with van der Waals surface area (Å²) in [6.07, 6.45) is 2.35. The quantitative estimate of drug-likeness (QED) is 0.719. The Bertz CT molecular complexity index is 792. The van der Waals surface area contributed by atoms with Crippen molar-refractivity contribution in [3.05, 3.63) is 47.9 Å². The van der Waals surface area contributed by atoms with Crippen LogP contribution in [0, 0.1) is 0 Å². The zero-order valence-corrected chi connectivity index (χ0v) is 12.6. The lowest BCUT2D eigenvalue weighted by Gasteiger charge is -2.19. The molecule has 0 aliphatic carbocycles. The molecule has 0 atom stereocenters. The Balaban J connectivity index is 1.86. The van der Waals surface area contributed by atoms with E-state index < -0.39 is 0 Å². The molecule has 0 bridgehead atoms. The standard InChI is InChI=1S/C15H17N5O2/c1-3-13-17-18-14(22-13)10-19(4-2)15(21)12-7-5-6-11-8-9-16-20(11)12/h5-9H,3-4,10H2,1-2H3. The highest BCUT2D eigenvalue weighted by Gasteiger charge is 2.20. The van der Waals surface area contributed by atoms with E-state index in [1.165, 1.54) is 0 Å². The summed E-state index contributed by atoms with van der Waals surface area (Å²) in [7, 11) is 0. The Hall–Kier alpha value is -2.70. The maximum Gasteiger partial charge on any atom is 0.272 e. The highest BCUT2D eigenvalue weighted by Crippen LogP contribution is 2.12. The number of carbonyl (C=O) groups excluding carboxylic acids is 1. The first-order valence-electron chi connectivity index (χ1n) is 7.26. The molecule has 0 N–H and O–H groups in total. The predicted molar refractivity (Wildman–Crippen MR) is 79.3 cm³/mol. The minimum absolute atomic E-state index is 0.118. The van der Waals surface area contributed by atoms with Crippen molar-refractivity contribution in [3.63, 3.8) is 0 Å². The van der Waals surface area contributed by atoms with Crippen LogP contribution in [0.4, 0.5) is 0 Å². The van der Waals surface area contributed by atoms with Gasteiger partial charge in [0.25, 0.3) is 5.91 Å². The molecule has 0 aromatic carbocycles. The number of carbonyl (C=O) groups is 1. The first-order chi connectivity index (χ1) is 10.7. The van der Waals surface area contributed by atoms with Crippen molar-refractivity contribution in [2.24, 2.45) is 0 Å². The van der Waals surface area contributed by atoms with Crippen LogP contribution >= 0.6 is 0 Å². The summed E-state index contributed by atoms with van der Waals surface area (Å²) in [5.41, 5.74) is 1.40. The van der Waals surface area contributed by atoms with Crippen molar-refractivity contribution in [1.82, 2.24) is 24.7 Å². The number of amides is 1. The summed E-state index contributed by atoms with van der Waals surface area (Å²) in [4.78, 5) is 14.4. The molecule has 0 spiro atoms. The van der Waals surface area contributed by atoms with E-state index in [9.17, 15) is 4.79 Å². The molecule has 0 unspecified atom stereocenters. The minimum Gasteiger partial charge on any atom is -0.423 e. The lowest BCUT2D eigenvalue weighted by molar-refractivity contribution is 0.0728. The van der Waals surface area contributed by atoms with E-state index in [0.29, 0.717) is 37.0 Å². The van der Waals surface area contributed by atoms with Gasteiger partial charge in [-0.25, -0.2) is 4.52 Å². The molecule has 0 aliphatic rings. The van der Waals surface area contributed by atoms with Gasteiger partial charge in [0.2, 0.25) is 11.8 Å². The van der Waals surface area contributed by atoms with Crippen molar-refractivity contribution in [3.8, 4) is 0 Å². The van der Waals surface area contributed by atoms with Crippen molar-refractivity contribution < 1.29 is 9.21 Å². The molecule has 0 saturated heterocycles. The largest absolute Gasteiger partial charge is 0.423 e. The van der Waals surface area contributed by atoms with E-state index in [-0.39, 0.29) is 5.91 Å². The van der Waals surface area contributed by atoms with Crippen LogP contribution in [0.25, 0.3) is 5.52 Å². The molecule has 3 aromatic heterocycles. The summed E-state index contributed by atoms with van der Waals surface area (Å²) >= 11 is 0. The van der Waals surface area contributed by atoms with Gasteiger partial charge < -0.3 is 9.32 Å². The van der Waals surface area contributed by atoms with E-state index in [0.717, 1.165) is 5.52 Å². The number of nitrogens with zero attached hydrogens (tertiary/aromatic N) is 5. The van der Waals surface area contributed by atoms with Crippen LogP contribution < -0.4 is 0 Å².